The lowest BCUT2D eigenvalue weighted by Crippen LogP contribution is -2.09. The van der Waals surface area contributed by atoms with E-state index in [1.54, 1.807) is 19.1 Å². The number of aromatic nitrogens is 2. The van der Waals surface area contributed by atoms with Crippen LogP contribution in [0.3, 0.4) is 0 Å². The van der Waals surface area contributed by atoms with E-state index in [2.05, 4.69) is 4.98 Å². The number of nitro benzene ring substituents is 1. The highest BCUT2D eigenvalue weighted by Crippen LogP contribution is 2.26. The molecule has 0 radical (unpaired) electrons. The fourth-order valence-electron chi connectivity index (χ4n) is 1.81. The summed E-state index contributed by atoms with van der Waals surface area (Å²) in [5.74, 6) is 0.0926. The van der Waals surface area contributed by atoms with Gasteiger partial charge in [0.15, 0.2) is 0 Å². The molecule has 0 amide bonds. The number of nitro groups is 1. The second-order valence-corrected chi connectivity index (χ2v) is 4.28. The van der Waals surface area contributed by atoms with Gasteiger partial charge in [0.05, 0.1) is 23.7 Å². The van der Waals surface area contributed by atoms with E-state index in [1.807, 2.05) is 0 Å². The van der Waals surface area contributed by atoms with Gasteiger partial charge in [0.25, 0.3) is 11.6 Å². The molecule has 0 unspecified atom stereocenters. The van der Waals surface area contributed by atoms with Gasteiger partial charge in [-0.05, 0) is 25.1 Å². The van der Waals surface area contributed by atoms with Gasteiger partial charge < -0.3 is 4.74 Å². The third-order valence-electron chi connectivity index (χ3n) is 2.88. The molecule has 0 fully saturated rings. The van der Waals surface area contributed by atoms with E-state index in [-0.39, 0.29) is 11.6 Å². The first kappa shape index (κ1) is 14.4. The highest BCUT2D eigenvalue weighted by atomic mass is 16.6. The van der Waals surface area contributed by atoms with Crippen molar-refractivity contribution < 1.29 is 14.5 Å². The Kier molecular flexibility index (Phi) is 4.13. The molecule has 108 valence electrons. The van der Waals surface area contributed by atoms with E-state index < -0.39 is 4.92 Å². The Hall–Kier alpha value is -2.96. The fourth-order valence-corrected chi connectivity index (χ4v) is 1.81. The normalized spacial score (nSPS) is 11.2. The van der Waals surface area contributed by atoms with Crippen LogP contribution in [0.15, 0.2) is 42.5 Å². The number of methoxy groups -OCH3 is 1. The Balaban J connectivity index is 2.40. The number of hydrogen-bond acceptors (Lipinski definition) is 5. The summed E-state index contributed by atoms with van der Waals surface area (Å²) in [6, 6.07) is 4.47. The summed E-state index contributed by atoms with van der Waals surface area (Å²) in [6.07, 6.45) is 5.85. The first-order valence-corrected chi connectivity index (χ1v) is 6.06. The smallest absolute Gasteiger partial charge is 0.280 e. The van der Waals surface area contributed by atoms with Gasteiger partial charge >= 0.3 is 0 Å². The van der Waals surface area contributed by atoms with Crippen LogP contribution in [0.2, 0.25) is 0 Å². The molecule has 0 aliphatic heterocycles. The molecule has 0 spiro atoms. The number of nitrogens with zero attached hydrogens (tertiary/aromatic N) is 3. The Bertz CT molecular complexity index is 705. The molecule has 2 aromatic rings. The molecule has 0 aliphatic rings. The van der Waals surface area contributed by atoms with Crippen LogP contribution in [-0.2, 0) is 0 Å². The molecule has 7 nitrogen and oxygen atoms in total. The van der Waals surface area contributed by atoms with Crippen LogP contribution in [0.1, 0.15) is 17.3 Å². The van der Waals surface area contributed by atoms with Crippen molar-refractivity contribution in [2.45, 2.75) is 6.92 Å². The van der Waals surface area contributed by atoms with Crippen LogP contribution < -0.4 is 4.74 Å². The lowest BCUT2D eigenvalue weighted by atomic mass is 10.1. The maximum absolute atomic E-state index is 12.1. The predicted molar refractivity (Wildman–Crippen MR) is 76.2 cm³/mol. The molecular weight excluding hydrogens is 274 g/mol. The van der Waals surface area contributed by atoms with Crippen LogP contribution in [0.4, 0.5) is 5.69 Å². The molecule has 0 saturated heterocycles. The molecule has 0 atom stereocenters. The molecule has 1 aromatic heterocycles. The Morgan fingerprint density at radius 2 is 2.24 bits per heavy atom. The molecule has 2 rings (SSSR count). The Morgan fingerprint density at radius 3 is 2.81 bits per heavy atom. The van der Waals surface area contributed by atoms with E-state index >= 15 is 0 Å². The lowest BCUT2D eigenvalue weighted by Gasteiger charge is -2.04. The molecule has 1 aromatic carbocycles. The van der Waals surface area contributed by atoms with Crippen LogP contribution in [0, 0.1) is 10.1 Å². The SMILES string of the molecule is COc1ccc(/C=C(\C)C(=O)n2ccnc2)c([N+](=O)[O-])c1. The van der Waals surface area contributed by atoms with Crippen molar-refractivity contribution in [3.8, 4) is 5.75 Å². The van der Waals surface area contributed by atoms with Crippen molar-refractivity contribution >= 4 is 17.7 Å². The highest BCUT2D eigenvalue weighted by molar-refractivity contribution is 5.99. The molecule has 0 saturated carbocycles. The van der Waals surface area contributed by atoms with E-state index in [0.29, 0.717) is 16.9 Å². The summed E-state index contributed by atoms with van der Waals surface area (Å²) < 4.78 is 6.27. The molecule has 0 bridgehead atoms. The molecular formula is C14H13N3O4. The van der Waals surface area contributed by atoms with Crippen molar-refractivity contribution in [2.75, 3.05) is 7.11 Å². The monoisotopic (exact) mass is 287 g/mol. The summed E-state index contributed by atoms with van der Waals surface area (Å²) in [6.45, 7) is 1.59. The zero-order chi connectivity index (χ0) is 15.4. The molecule has 21 heavy (non-hydrogen) atoms. The summed E-state index contributed by atoms with van der Waals surface area (Å²) in [7, 11) is 1.43. The number of carbonyl (C=O) groups excluding carboxylic acids is 1. The van der Waals surface area contributed by atoms with E-state index in [0.717, 1.165) is 0 Å². The van der Waals surface area contributed by atoms with Gasteiger partial charge in [-0.1, -0.05) is 0 Å². The Labute approximate surface area is 120 Å². The van der Waals surface area contributed by atoms with E-state index in [4.69, 9.17) is 4.74 Å². The average molecular weight is 287 g/mol. The second kappa shape index (κ2) is 6.00. The minimum absolute atomic E-state index is 0.118. The largest absolute Gasteiger partial charge is 0.497 e. The summed E-state index contributed by atoms with van der Waals surface area (Å²) >= 11 is 0. The van der Waals surface area contributed by atoms with E-state index in [1.165, 1.54) is 42.5 Å². The lowest BCUT2D eigenvalue weighted by molar-refractivity contribution is -0.385. The number of ether oxygens (including phenoxy) is 1. The maximum atomic E-state index is 12.1. The highest BCUT2D eigenvalue weighted by Gasteiger charge is 2.15. The maximum Gasteiger partial charge on any atom is 0.280 e. The first-order valence-electron chi connectivity index (χ1n) is 6.06. The van der Waals surface area contributed by atoms with Gasteiger partial charge in [-0.3, -0.25) is 19.5 Å². The zero-order valence-corrected chi connectivity index (χ0v) is 11.5. The summed E-state index contributed by atoms with van der Waals surface area (Å²) in [5, 5.41) is 11.1. The van der Waals surface area contributed by atoms with Crippen LogP contribution in [-0.4, -0.2) is 27.5 Å². The van der Waals surface area contributed by atoms with Gasteiger partial charge in [-0.15, -0.1) is 0 Å². The zero-order valence-electron chi connectivity index (χ0n) is 11.5. The van der Waals surface area contributed by atoms with Crippen LogP contribution in [0.25, 0.3) is 6.08 Å². The Morgan fingerprint density at radius 1 is 1.48 bits per heavy atom. The van der Waals surface area contributed by atoms with Crippen molar-refractivity contribution in [2.24, 2.45) is 0 Å². The molecule has 0 N–H and O–H groups in total. The van der Waals surface area contributed by atoms with Crippen molar-refractivity contribution in [3.05, 3.63) is 58.2 Å². The molecule has 0 aliphatic carbocycles. The minimum atomic E-state index is -0.511. The van der Waals surface area contributed by atoms with Gasteiger partial charge in [0.2, 0.25) is 0 Å². The molecule has 7 heteroatoms. The quantitative estimate of drug-likeness (QED) is 0.490. The summed E-state index contributed by atoms with van der Waals surface area (Å²) in [5.41, 5.74) is 0.583. The predicted octanol–water partition coefficient (Wildman–Crippen LogP) is 2.54. The van der Waals surface area contributed by atoms with Crippen LogP contribution >= 0.6 is 0 Å². The third kappa shape index (κ3) is 3.14. The summed E-state index contributed by atoms with van der Waals surface area (Å²) in [4.78, 5) is 26.4. The van der Waals surface area contributed by atoms with Gasteiger partial charge in [0, 0.05) is 18.0 Å². The third-order valence-corrected chi connectivity index (χ3v) is 2.88. The topological polar surface area (TPSA) is 87.3 Å². The van der Waals surface area contributed by atoms with Crippen molar-refractivity contribution in [1.82, 2.24) is 9.55 Å². The standard InChI is InChI=1S/C14H13N3O4/c1-10(14(18)16-6-5-15-9-16)7-11-3-4-12(21-2)8-13(11)17(19)20/h3-9H,1-2H3/b10-7+. The van der Waals surface area contributed by atoms with E-state index in [9.17, 15) is 14.9 Å². The number of imidazole rings is 1. The first-order chi connectivity index (χ1) is 10.0. The van der Waals surface area contributed by atoms with Gasteiger partial charge in [-0.25, -0.2) is 4.98 Å². The second-order valence-electron chi connectivity index (χ2n) is 4.28. The van der Waals surface area contributed by atoms with Gasteiger partial charge in [-0.2, -0.15) is 0 Å². The fraction of sp³-hybridized carbons (Fsp3) is 0.143. The number of allylic oxidation sites excluding steroid dienone is 1. The van der Waals surface area contributed by atoms with Crippen LogP contribution in [0.5, 0.6) is 5.75 Å². The van der Waals surface area contributed by atoms with Crippen molar-refractivity contribution in [1.29, 1.82) is 0 Å². The van der Waals surface area contributed by atoms with Crippen molar-refractivity contribution in [3.63, 3.8) is 0 Å². The number of rotatable bonds is 4. The number of benzene rings is 1. The number of hydrogen-bond donors (Lipinski definition) is 0. The number of carbonyl (C=O) groups is 1. The average Bonchev–Trinajstić information content (AvgIpc) is 3.00. The minimum Gasteiger partial charge on any atom is -0.497 e. The van der Waals surface area contributed by atoms with Gasteiger partial charge in [0.1, 0.15) is 12.1 Å². The molecule has 1 heterocycles.